The number of amides is 1. The largest absolute Gasteiger partial charge is 0.467 e. The van der Waals surface area contributed by atoms with Gasteiger partial charge in [0.2, 0.25) is 0 Å². The van der Waals surface area contributed by atoms with E-state index in [0.717, 1.165) is 4.88 Å². The van der Waals surface area contributed by atoms with Crippen molar-refractivity contribution < 1.29 is 14.3 Å². The molecule has 0 fully saturated rings. The Labute approximate surface area is 110 Å². The molecule has 1 unspecified atom stereocenters. The smallest absolute Gasteiger partial charge is 0.328 e. The molecule has 0 radical (unpaired) electrons. The summed E-state index contributed by atoms with van der Waals surface area (Å²) in [7, 11) is 1.30. The van der Waals surface area contributed by atoms with Crippen molar-refractivity contribution >= 4 is 28.9 Å². The molecule has 0 bridgehead atoms. The van der Waals surface area contributed by atoms with Gasteiger partial charge >= 0.3 is 5.97 Å². The van der Waals surface area contributed by atoms with E-state index in [4.69, 9.17) is 5.73 Å². The lowest BCUT2D eigenvalue weighted by Crippen LogP contribution is -2.44. The quantitative estimate of drug-likeness (QED) is 0.814. The van der Waals surface area contributed by atoms with Crippen LogP contribution in [0.25, 0.3) is 0 Å². The molecule has 5 nitrogen and oxygen atoms in total. The number of anilines is 1. The highest BCUT2D eigenvalue weighted by molar-refractivity contribution is 7.14. The molecule has 0 aliphatic carbocycles. The zero-order valence-corrected chi connectivity index (χ0v) is 11.8. The molecule has 1 aromatic heterocycles. The van der Waals surface area contributed by atoms with Crippen LogP contribution >= 0.6 is 11.3 Å². The van der Waals surface area contributed by atoms with Crippen molar-refractivity contribution in [2.45, 2.75) is 26.8 Å². The number of nitrogens with one attached hydrogen (secondary N) is 1. The number of nitrogen functional groups attached to an aromatic ring is 1. The topological polar surface area (TPSA) is 81.4 Å². The van der Waals surface area contributed by atoms with Crippen LogP contribution in [0.15, 0.2) is 6.07 Å². The molecule has 0 spiro atoms. The SMILES string of the molecule is COC(=O)C(NC(=O)c1cc(N)c(C)s1)C(C)C. The average Bonchev–Trinajstić information content (AvgIpc) is 2.65. The summed E-state index contributed by atoms with van der Waals surface area (Å²) in [6.07, 6.45) is 0. The first-order valence-corrected chi connectivity index (χ1v) is 6.43. The number of esters is 1. The minimum atomic E-state index is -0.647. The normalized spacial score (nSPS) is 12.3. The Hall–Kier alpha value is -1.56. The van der Waals surface area contributed by atoms with Crippen LogP contribution in [0.5, 0.6) is 0 Å². The van der Waals surface area contributed by atoms with Crippen molar-refractivity contribution in [2.75, 3.05) is 12.8 Å². The fourth-order valence-electron chi connectivity index (χ4n) is 1.45. The molecule has 1 amide bonds. The molecule has 0 aliphatic heterocycles. The maximum absolute atomic E-state index is 12.0. The molecule has 6 heteroatoms. The van der Waals surface area contributed by atoms with E-state index in [1.165, 1.54) is 18.4 Å². The first-order valence-electron chi connectivity index (χ1n) is 5.61. The van der Waals surface area contributed by atoms with E-state index >= 15 is 0 Å². The third kappa shape index (κ3) is 3.22. The highest BCUT2D eigenvalue weighted by atomic mass is 32.1. The molecule has 18 heavy (non-hydrogen) atoms. The van der Waals surface area contributed by atoms with Gasteiger partial charge in [-0.1, -0.05) is 13.8 Å². The highest BCUT2D eigenvalue weighted by Gasteiger charge is 2.26. The molecule has 1 aromatic rings. The zero-order valence-electron chi connectivity index (χ0n) is 10.9. The molecular weight excluding hydrogens is 252 g/mol. The van der Waals surface area contributed by atoms with Crippen LogP contribution < -0.4 is 11.1 Å². The van der Waals surface area contributed by atoms with Gasteiger partial charge in [0.15, 0.2) is 0 Å². The van der Waals surface area contributed by atoms with Crippen molar-refractivity contribution in [2.24, 2.45) is 5.92 Å². The number of ether oxygens (including phenoxy) is 1. The summed E-state index contributed by atoms with van der Waals surface area (Å²) in [4.78, 5) is 24.9. The number of carbonyl (C=O) groups is 2. The van der Waals surface area contributed by atoms with Crippen molar-refractivity contribution in [3.63, 3.8) is 0 Å². The van der Waals surface area contributed by atoms with Crippen LogP contribution in [0.2, 0.25) is 0 Å². The van der Waals surface area contributed by atoms with Gasteiger partial charge in [0.1, 0.15) is 6.04 Å². The minimum Gasteiger partial charge on any atom is -0.467 e. The second kappa shape index (κ2) is 5.86. The van der Waals surface area contributed by atoms with Crippen LogP contribution in [0.3, 0.4) is 0 Å². The molecular formula is C12H18N2O3S. The van der Waals surface area contributed by atoms with E-state index in [1.54, 1.807) is 6.07 Å². The maximum atomic E-state index is 12.0. The Kier molecular flexibility index (Phi) is 4.72. The van der Waals surface area contributed by atoms with Gasteiger partial charge in [0, 0.05) is 10.6 Å². The molecule has 0 aromatic carbocycles. The fraction of sp³-hybridized carbons (Fsp3) is 0.500. The Bertz CT molecular complexity index is 435. The van der Waals surface area contributed by atoms with Gasteiger partial charge in [-0.05, 0) is 18.9 Å². The molecule has 1 atom stereocenters. The number of hydrogen-bond donors (Lipinski definition) is 2. The maximum Gasteiger partial charge on any atom is 0.328 e. The predicted molar refractivity (Wildman–Crippen MR) is 71.6 cm³/mol. The van der Waals surface area contributed by atoms with E-state index < -0.39 is 12.0 Å². The van der Waals surface area contributed by atoms with E-state index in [9.17, 15) is 9.59 Å². The number of nitrogens with two attached hydrogens (primary N) is 1. The Morgan fingerprint density at radius 1 is 1.44 bits per heavy atom. The van der Waals surface area contributed by atoms with Crippen LogP contribution in [-0.4, -0.2) is 25.0 Å². The monoisotopic (exact) mass is 270 g/mol. The van der Waals surface area contributed by atoms with E-state index in [-0.39, 0.29) is 11.8 Å². The van der Waals surface area contributed by atoms with Crippen LogP contribution in [0.1, 0.15) is 28.4 Å². The number of carbonyl (C=O) groups excluding carboxylic acids is 2. The van der Waals surface area contributed by atoms with Gasteiger partial charge in [-0.15, -0.1) is 11.3 Å². The first kappa shape index (κ1) is 14.5. The van der Waals surface area contributed by atoms with Crippen molar-refractivity contribution in [3.8, 4) is 0 Å². The Morgan fingerprint density at radius 2 is 2.06 bits per heavy atom. The van der Waals surface area contributed by atoms with Crippen LogP contribution in [0, 0.1) is 12.8 Å². The number of hydrogen-bond acceptors (Lipinski definition) is 5. The summed E-state index contributed by atoms with van der Waals surface area (Å²) in [6.45, 7) is 5.53. The van der Waals surface area contributed by atoms with E-state index in [1.807, 2.05) is 20.8 Å². The Morgan fingerprint density at radius 3 is 2.44 bits per heavy atom. The van der Waals surface area contributed by atoms with Crippen molar-refractivity contribution in [3.05, 3.63) is 15.8 Å². The van der Waals surface area contributed by atoms with Crippen LogP contribution in [0.4, 0.5) is 5.69 Å². The van der Waals surface area contributed by atoms with Gasteiger partial charge in [0.05, 0.1) is 12.0 Å². The number of thiophene rings is 1. The number of aryl methyl sites for hydroxylation is 1. The van der Waals surface area contributed by atoms with Crippen LogP contribution in [-0.2, 0) is 9.53 Å². The van der Waals surface area contributed by atoms with Gasteiger partial charge < -0.3 is 15.8 Å². The van der Waals surface area contributed by atoms with Gasteiger partial charge in [0.25, 0.3) is 5.91 Å². The molecule has 0 aliphatic rings. The Balaban J connectivity index is 2.81. The summed E-state index contributed by atoms with van der Waals surface area (Å²) in [5.41, 5.74) is 6.28. The van der Waals surface area contributed by atoms with E-state index in [2.05, 4.69) is 10.1 Å². The number of methoxy groups -OCH3 is 1. The van der Waals surface area contributed by atoms with Crippen molar-refractivity contribution in [1.29, 1.82) is 0 Å². The molecule has 1 rings (SSSR count). The molecule has 0 saturated carbocycles. The minimum absolute atomic E-state index is 0.0418. The summed E-state index contributed by atoms with van der Waals surface area (Å²) < 4.78 is 4.66. The van der Waals surface area contributed by atoms with E-state index in [0.29, 0.717) is 10.6 Å². The van der Waals surface area contributed by atoms with Gasteiger partial charge in [-0.3, -0.25) is 4.79 Å². The third-order valence-electron chi connectivity index (χ3n) is 2.59. The highest BCUT2D eigenvalue weighted by Crippen LogP contribution is 2.23. The standard InChI is InChI=1S/C12H18N2O3S/c1-6(2)10(12(16)17-4)14-11(15)9-5-8(13)7(3)18-9/h5-6,10H,13H2,1-4H3,(H,14,15). The number of rotatable bonds is 4. The van der Waals surface area contributed by atoms with Gasteiger partial charge in [-0.25, -0.2) is 4.79 Å². The summed E-state index contributed by atoms with van der Waals surface area (Å²) >= 11 is 1.31. The summed E-state index contributed by atoms with van der Waals surface area (Å²) in [6, 6.07) is 0.968. The first-order chi connectivity index (χ1) is 8.36. The molecule has 100 valence electrons. The summed E-state index contributed by atoms with van der Waals surface area (Å²) in [5.74, 6) is -0.789. The lowest BCUT2D eigenvalue weighted by Gasteiger charge is -2.19. The average molecular weight is 270 g/mol. The lowest BCUT2D eigenvalue weighted by molar-refractivity contribution is -0.144. The van der Waals surface area contributed by atoms with Crippen molar-refractivity contribution in [1.82, 2.24) is 5.32 Å². The molecule has 0 saturated heterocycles. The third-order valence-corrected chi connectivity index (χ3v) is 3.65. The molecule has 3 N–H and O–H groups in total. The van der Waals surface area contributed by atoms with Gasteiger partial charge in [-0.2, -0.15) is 0 Å². The molecule has 1 heterocycles. The lowest BCUT2D eigenvalue weighted by atomic mass is 10.0. The second-order valence-corrected chi connectivity index (χ2v) is 5.60. The second-order valence-electron chi connectivity index (χ2n) is 4.34. The summed E-state index contributed by atoms with van der Waals surface area (Å²) in [5, 5.41) is 2.67. The zero-order chi connectivity index (χ0) is 13.9. The fourth-order valence-corrected chi connectivity index (χ4v) is 2.29. The predicted octanol–water partition coefficient (Wildman–Crippen LogP) is 1.57.